The molecule has 36 heavy (non-hydrogen) atoms. The summed E-state index contributed by atoms with van der Waals surface area (Å²) in [6, 6.07) is 24.3. The van der Waals surface area contributed by atoms with Crippen molar-refractivity contribution < 1.29 is 4.79 Å². The predicted octanol–water partition coefficient (Wildman–Crippen LogP) is 4.81. The third-order valence-corrected chi connectivity index (χ3v) is 7.67. The average Bonchev–Trinajstić information content (AvgIpc) is 3.68. The number of benzene rings is 2. The van der Waals surface area contributed by atoms with Gasteiger partial charge in [0.1, 0.15) is 0 Å². The maximum absolute atomic E-state index is 12.5. The van der Waals surface area contributed by atoms with Gasteiger partial charge < -0.3 is 5.32 Å². The van der Waals surface area contributed by atoms with Gasteiger partial charge in [0.2, 0.25) is 5.91 Å². The Morgan fingerprint density at radius 2 is 1.75 bits per heavy atom. The molecule has 2 aliphatic rings. The second kappa shape index (κ2) is 7.88. The molecule has 2 fully saturated rings. The summed E-state index contributed by atoms with van der Waals surface area (Å²) in [6.45, 7) is 0. The van der Waals surface area contributed by atoms with Gasteiger partial charge in [0, 0.05) is 17.0 Å². The Morgan fingerprint density at radius 3 is 2.44 bits per heavy atom. The number of rotatable bonds is 5. The third kappa shape index (κ3) is 3.34. The number of nitrogens with zero attached hydrogens (tertiary/aromatic N) is 3. The monoisotopic (exact) mass is 475 g/mol. The first-order valence-corrected chi connectivity index (χ1v) is 12.5. The molecule has 1 amide bonds. The fourth-order valence-corrected chi connectivity index (χ4v) is 5.33. The highest BCUT2D eigenvalue weighted by Crippen LogP contribution is 2.43. The van der Waals surface area contributed by atoms with Gasteiger partial charge in [0.15, 0.2) is 5.65 Å². The maximum Gasteiger partial charge on any atom is 0.348 e. The van der Waals surface area contributed by atoms with Crippen LogP contribution < -0.4 is 11.0 Å². The minimum Gasteiger partial charge on any atom is -0.346 e. The lowest BCUT2D eigenvalue weighted by Crippen LogP contribution is -2.51. The largest absolute Gasteiger partial charge is 0.348 e. The summed E-state index contributed by atoms with van der Waals surface area (Å²) in [7, 11) is 0. The number of fused-ring (bicyclic) bond motifs is 3. The number of pyridine rings is 2. The molecule has 7 nitrogen and oxygen atoms in total. The molecular weight excluding hydrogens is 450 g/mol. The summed E-state index contributed by atoms with van der Waals surface area (Å²) in [5.74, 6) is 0.397. The van der Waals surface area contributed by atoms with Crippen LogP contribution in [0.4, 0.5) is 0 Å². The van der Waals surface area contributed by atoms with Gasteiger partial charge >= 0.3 is 5.69 Å². The fourth-order valence-electron chi connectivity index (χ4n) is 5.33. The molecular formula is C29H25N5O2. The molecule has 0 unspecified atom stereocenters. The highest BCUT2D eigenvalue weighted by molar-refractivity contribution is 5.91. The zero-order valence-electron chi connectivity index (χ0n) is 19.7. The van der Waals surface area contributed by atoms with Crippen molar-refractivity contribution in [2.45, 2.75) is 37.6 Å². The van der Waals surface area contributed by atoms with Crippen molar-refractivity contribution in [1.82, 2.24) is 24.9 Å². The number of H-pyrrole nitrogens is 1. The minimum atomic E-state index is -0.285. The lowest BCUT2D eigenvalue weighted by molar-refractivity contribution is -0.125. The van der Waals surface area contributed by atoms with Crippen LogP contribution in [0.15, 0.2) is 77.6 Å². The molecule has 2 N–H and O–H groups in total. The number of amides is 1. The molecule has 5 aromatic rings. The Balaban J connectivity index is 1.35. The van der Waals surface area contributed by atoms with Gasteiger partial charge in [-0.15, -0.1) is 0 Å². The Morgan fingerprint density at radius 1 is 0.972 bits per heavy atom. The van der Waals surface area contributed by atoms with Crippen LogP contribution in [0, 0.1) is 5.92 Å². The van der Waals surface area contributed by atoms with E-state index in [1.807, 2.05) is 30.3 Å². The summed E-state index contributed by atoms with van der Waals surface area (Å²) in [5, 5.41) is 9.98. The molecule has 178 valence electrons. The van der Waals surface area contributed by atoms with Crippen LogP contribution in [0.25, 0.3) is 39.1 Å². The van der Waals surface area contributed by atoms with Crippen LogP contribution in [0.2, 0.25) is 0 Å². The van der Waals surface area contributed by atoms with E-state index in [4.69, 9.17) is 4.98 Å². The van der Waals surface area contributed by atoms with E-state index in [9.17, 15) is 9.59 Å². The molecule has 2 aromatic carbocycles. The second-order valence-corrected chi connectivity index (χ2v) is 9.99. The first-order chi connectivity index (χ1) is 17.6. The Bertz CT molecular complexity index is 1680. The van der Waals surface area contributed by atoms with Gasteiger partial charge in [-0.1, -0.05) is 54.6 Å². The topological polar surface area (TPSA) is 92.2 Å². The molecule has 3 heterocycles. The van der Waals surface area contributed by atoms with Crippen molar-refractivity contribution in [2.24, 2.45) is 5.92 Å². The number of nitrogens with one attached hydrogen (secondary N) is 2. The van der Waals surface area contributed by atoms with Crippen molar-refractivity contribution in [1.29, 1.82) is 0 Å². The molecule has 0 aliphatic heterocycles. The first-order valence-electron chi connectivity index (χ1n) is 12.5. The average molecular weight is 476 g/mol. The molecule has 7 heteroatoms. The summed E-state index contributed by atoms with van der Waals surface area (Å²) in [5.41, 5.74) is 6.41. The smallest absolute Gasteiger partial charge is 0.346 e. The molecule has 0 atom stereocenters. The van der Waals surface area contributed by atoms with E-state index in [0.29, 0.717) is 11.2 Å². The van der Waals surface area contributed by atoms with Crippen LogP contribution in [0.1, 0.15) is 37.7 Å². The maximum atomic E-state index is 12.5. The van der Waals surface area contributed by atoms with Crippen LogP contribution in [-0.2, 0) is 10.3 Å². The SMILES string of the molecule is O=C(NC1(c2ccc(-c3nc4ccc5n[nH]c(=O)n5c4cc3-c3ccccc3)cc2)CCC1)C1CC1. The normalized spacial score (nSPS) is 16.7. The first kappa shape index (κ1) is 21.1. The molecule has 0 radical (unpaired) electrons. The number of hydrogen-bond donors (Lipinski definition) is 2. The number of hydrogen-bond acceptors (Lipinski definition) is 4. The van der Waals surface area contributed by atoms with E-state index >= 15 is 0 Å². The number of aromatic amines is 1. The predicted molar refractivity (Wildman–Crippen MR) is 138 cm³/mol. The summed E-state index contributed by atoms with van der Waals surface area (Å²) < 4.78 is 1.56. The Kier molecular flexibility index (Phi) is 4.61. The number of carbonyl (C=O) groups is 1. The van der Waals surface area contributed by atoms with Gasteiger partial charge in [-0.25, -0.2) is 19.3 Å². The van der Waals surface area contributed by atoms with Crippen molar-refractivity contribution in [2.75, 3.05) is 0 Å². The standard InChI is InChI=1S/C29H25N5O2/c35-27(20-7-8-20)31-29(15-4-16-29)21-11-9-19(10-12-21)26-22(18-5-2-1-3-6-18)17-24-23(30-26)13-14-25-32-33-28(36)34(24)25/h1-3,5-6,9-14,17,20H,4,7-8,15-16H2,(H,31,35)(H,33,36). The second-order valence-electron chi connectivity index (χ2n) is 9.99. The van der Waals surface area contributed by atoms with E-state index in [1.165, 1.54) is 0 Å². The lowest BCUT2D eigenvalue weighted by atomic mass is 9.71. The molecule has 0 bridgehead atoms. The van der Waals surface area contributed by atoms with Crippen LogP contribution in [0.5, 0.6) is 0 Å². The molecule has 0 saturated heterocycles. The van der Waals surface area contributed by atoms with Gasteiger partial charge in [0.05, 0.1) is 22.3 Å². The quantitative estimate of drug-likeness (QED) is 0.382. The van der Waals surface area contributed by atoms with Crippen molar-refractivity contribution in [3.8, 4) is 22.4 Å². The summed E-state index contributed by atoms with van der Waals surface area (Å²) in [6.07, 6.45) is 5.09. The lowest BCUT2D eigenvalue weighted by Gasteiger charge is -2.43. The van der Waals surface area contributed by atoms with E-state index in [2.05, 4.69) is 51.9 Å². The number of carbonyl (C=O) groups excluding carboxylic acids is 1. The van der Waals surface area contributed by atoms with Crippen LogP contribution in [-0.4, -0.2) is 25.5 Å². The van der Waals surface area contributed by atoms with Gasteiger partial charge in [0.25, 0.3) is 0 Å². The fraction of sp³-hybridized carbons (Fsp3) is 0.241. The molecule has 3 aromatic heterocycles. The minimum absolute atomic E-state index is 0.196. The summed E-state index contributed by atoms with van der Waals surface area (Å²) in [4.78, 5) is 30.0. The highest BCUT2D eigenvalue weighted by Gasteiger charge is 2.42. The van der Waals surface area contributed by atoms with Crippen molar-refractivity contribution >= 4 is 22.6 Å². The zero-order valence-corrected chi connectivity index (χ0v) is 19.7. The van der Waals surface area contributed by atoms with Crippen molar-refractivity contribution in [3.05, 3.63) is 88.8 Å². The zero-order chi connectivity index (χ0) is 24.3. The molecule has 2 aliphatic carbocycles. The van der Waals surface area contributed by atoms with E-state index in [-0.39, 0.29) is 23.1 Å². The third-order valence-electron chi connectivity index (χ3n) is 7.67. The molecule has 2 saturated carbocycles. The molecule has 7 rings (SSSR count). The van der Waals surface area contributed by atoms with Crippen molar-refractivity contribution in [3.63, 3.8) is 0 Å². The van der Waals surface area contributed by atoms with Gasteiger partial charge in [-0.05, 0) is 61.4 Å². The van der Waals surface area contributed by atoms with Crippen LogP contribution >= 0.6 is 0 Å². The Labute approximate surface area is 207 Å². The summed E-state index contributed by atoms with van der Waals surface area (Å²) >= 11 is 0. The van der Waals surface area contributed by atoms with E-state index in [0.717, 1.165) is 65.6 Å². The van der Waals surface area contributed by atoms with Gasteiger partial charge in [-0.3, -0.25) is 4.79 Å². The van der Waals surface area contributed by atoms with Gasteiger partial charge in [-0.2, -0.15) is 5.10 Å². The highest BCUT2D eigenvalue weighted by atomic mass is 16.2. The molecule has 0 spiro atoms. The van der Waals surface area contributed by atoms with E-state index < -0.39 is 0 Å². The van der Waals surface area contributed by atoms with Crippen LogP contribution in [0.3, 0.4) is 0 Å². The van der Waals surface area contributed by atoms with E-state index in [1.54, 1.807) is 10.5 Å². The number of aromatic nitrogens is 4. The Hall–Kier alpha value is -4.26.